The smallest absolute Gasteiger partial charge is 0.150 e. The van der Waals surface area contributed by atoms with Gasteiger partial charge < -0.3 is 14.2 Å². The third kappa shape index (κ3) is 3.92. The van der Waals surface area contributed by atoms with Crippen molar-refractivity contribution in [1.29, 1.82) is 0 Å². The molecule has 36 heavy (non-hydrogen) atoms. The quantitative estimate of drug-likeness (QED) is 0.462. The predicted molar refractivity (Wildman–Crippen MR) is 137 cm³/mol. The lowest BCUT2D eigenvalue weighted by Gasteiger charge is -2.49. The Kier molecular flexibility index (Phi) is 6.26. The van der Waals surface area contributed by atoms with Gasteiger partial charge in [0.05, 0.1) is 43.5 Å². The second-order valence-corrected chi connectivity index (χ2v) is 11.0. The van der Waals surface area contributed by atoms with Crippen LogP contribution in [0.1, 0.15) is 60.7 Å². The molecule has 7 heteroatoms. The number of rotatable bonds is 6. The molecule has 0 spiro atoms. The fraction of sp³-hybridized carbons (Fsp3) is 0.552. The molecule has 4 heterocycles. The highest BCUT2D eigenvalue weighted by Crippen LogP contribution is 2.46. The van der Waals surface area contributed by atoms with E-state index in [1.165, 1.54) is 16.5 Å². The Bertz CT molecular complexity index is 1240. The molecular weight excluding hydrogens is 457 g/mol. The molecule has 3 aromatic rings. The van der Waals surface area contributed by atoms with Crippen molar-refractivity contribution in [2.24, 2.45) is 5.41 Å². The summed E-state index contributed by atoms with van der Waals surface area (Å²) in [5, 5.41) is 5.99. The third-order valence-corrected chi connectivity index (χ3v) is 8.35. The van der Waals surface area contributed by atoms with Gasteiger partial charge in [-0.25, -0.2) is 4.68 Å². The Labute approximate surface area is 212 Å². The van der Waals surface area contributed by atoms with Gasteiger partial charge in [-0.2, -0.15) is 5.10 Å². The van der Waals surface area contributed by atoms with Crippen LogP contribution in [0.2, 0.25) is 0 Å². The summed E-state index contributed by atoms with van der Waals surface area (Å²) < 4.78 is 33.7. The maximum absolute atomic E-state index is 14.2. The van der Waals surface area contributed by atoms with Crippen molar-refractivity contribution in [3.8, 4) is 5.75 Å². The summed E-state index contributed by atoms with van der Waals surface area (Å²) >= 11 is 0. The average molecular weight is 494 g/mol. The SMILES string of the molecule is COc1cc(C)ccc1[C@@H]1c2ccc3c(cnn3C3CCCCO3)c2C[C@@H](C)N1CC1(CF)COC1. The lowest BCUT2D eigenvalue weighted by molar-refractivity contribution is -0.143. The molecule has 0 radical (unpaired) electrons. The molecule has 2 aromatic carbocycles. The first-order chi connectivity index (χ1) is 17.5. The molecule has 2 fully saturated rings. The summed E-state index contributed by atoms with van der Waals surface area (Å²) in [6.07, 6.45) is 6.18. The molecule has 6 nitrogen and oxygen atoms in total. The number of methoxy groups -OCH3 is 1. The lowest BCUT2D eigenvalue weighted by atomic mass is 9.79. The molecule has 0 aliphatic carbocycles. The standard InChI is InChI=1S/C29H36FN3O3/c1-19-7-8-22(26(12-19)34-3)28-21-9-10-25-24(14-31-33(25)27-6-4-5-11-36-27)23(21)13-20(2)32(28)16-29(15-30)17-35-18-29/h7-10,12,14,20,27-28H,4-6,11,13,15-18H2,1-3H3/t20-,27?,28+/m1/s1. The Morgan fingerprint density at radius 3 is 2.69 bits per heavy atom. The van der Waals surface area contributed by atoms with Crippen LogP contribution in [-0.2, 0) is 15.9 Å². The minimum absolute atomic E-state index is 0.00262. The van der Waals surface area contributed by atoms with Gasteiger partial charge in [-0.3, -0.25) is 9.29 Å². The van der Waals surface area contributed by atoms with E-state index in [0.29, 0.717) is 19.8 Å². The van der Waals surface area contributed by atoms with Gasteiger partial charge in [0.1, 0.15) is 12.4 Å². The number of aromatic nitrogens is 2. The topological polar surface area (TPSA) is 48.8 Å². The van der Waals surface area contributed by atoms with E-state index < -0.39 is 5.41 Å². The van der Waals surface area contributed by atoms with Crippen molar-refractivity contribution in [3.05, 3.63) is 58.8 Å². The summed E-state index contributed by atoms with van der Waals surface area (Å²) in [7, 11) is 1.73. The number of benzene rings is 2. The predicted octanol–water partition coefficient (Wildman–Crippen LogP) is 5.37. The average Bonchev–Trinajstić information content (AvgIpc) is 3.32. The van der Waals surface area contributed by atoms with E-state index >= 15 is 0 Å². The van der Waals surface area contributed by atoms with Gasteiger partial charge in [-0.05, 0) is 68.4 Å². The van der Waals surface area contributed by atoms with Gasteiger partial charge in [0.25, 0.3) is 0 Å². The Hall–Kier alpha value is -2.48. The Morgan fingerprint density at radius 2 is 2.00 bits per heavy atom. The Morgan fingerprint density at radius 1 is 1.17 bits per heavy atom. The van der Waals surface area contributed by atoms with E-state index in [-0.39, 0.29) is 25.0 Å². The zero-order chi connectivity index (χ0) is 24.9. The summed E-state index contributed by atoms with van der Waals surface area (Å²) in [5.74, 6) is 0.871. The molecule has 1 unspecified atom stereocenters. The zero-order valence-corrected chi connectivity index (χ0v) is 21.5. The first kappa shape index (κ1) is 23.9. The molecule has 0 saturated carbocycles. The van der Waals surface area contributed by atoms with E-state index in [1.807, 2.05) is 6.20 Å². The number of ether oxygens (including phenoxy) is 3. The normalized spacial score (nSPS) is 25.9. The van der Waals surface area contributed by atoms with Crippen LogP contribution in [0, 0.1) is 12.3 Å². The number of alkyl halides is 1. The van der Waals surface area contributed by atoms with E-state index in [4.69, 9.17) is 19.3 Å². The number of hydrogen-bond donors (Lipinski definition) is 0. The van der Waals surface area contributed by atoms with E-state index in [2.05, 4.69) is 53.8 Å². The second kappa shape index (κ2) is 9.43. The van der Waals surface area contributed by atoms with Gasteiger partial charge in [0, 0.05) is 30.1 Å². The van der Waals surface area contributed by atoms with Gasteiger partial charge in [0.2, 0.25) is 0 Å². The minimum atomic E-state index is -0.435. The second-order valence-electron chi connectivity index (χ2n) is 11.0. The highest BCUT2D eigenvalue weighted by atomic mass is 19.1. The van der Waals surface area contributed by atoms with E-state index in [9.17, 15) is 4.39 Å². The third-order valence-electron chi connectivity index (χ3n) is 8.35. The number of hydrogen-bond acceptors (Lipinski definition) is 5. The maximum atomic E-state index is 14.2. The van der Waals surface area contributed by atoms with Crippen LogP contribution < -0.4 is 4.74 Å². The summed E-state index contributed by atoms with van der Waals surface area (Å²) in [6, 6.07) is 11.0. The van der Waals surface area contributed by atoms with Crippen molar-refractivity contribution in [3.63, 3.8) is 0 Å². The van der Waals surface area contributed by atoms with Crippen molar-refractivity contribution in [2.45, 2.75) is 57.8 Å². The zero-order valence-electron chi connectivity index (χ0n) is 21.5. The summed E-state index contributed by atoms with van der Waals surface area (Å²) in [6.45, 7) is 6.37. The van der Waals surface area contributed by atoms with Crippen LogP contribution in [0.25, 0.3) is 10.9 Å². The number of aryl methyl sites for hydroxylation is 1. The molecule has 1 aromatic heterocycles. The van der Waals surface area contributed by atoms with Gasteiger partial charge in [-0.1, -0.05) is 18.2 Å². The number of nitrogens with zero attached hydrogens (tertiary/aromatic N) is 3. The molecular formula is C29H36FN3O3. The van der Waals surface area contributed by atoms with Crippen LogP contribution in [0.5, 0.6) is 5.75 Å². The molecule has 3 atom stereocenters. The highest BCUT2D eigenvalue weighted by Gasteiger charge is 2.45. The lowest BCUT2D eigenvalue weighted by Crippen LogP contribution is -2.56. The summed E-state index contributed by atoms with van der Waals surface area (Å²) in [4.78, 5) is 2.47. The van der Waals surface area contributed by atoms with Gasteiger partial charge >= 0.3 is 0 Å². The van der Waals surface area contributed by atoms with Crippen molar-refractivity contribution in [2.75, 3.05) is 40.1 Å². The fourth-order valence-corrected chi connectivity index (χ4v) is 6.30. The van der Waals surface area contributed by atoms with Crippen LogP contribution >= 0.6 is 0 Å². The van der Waals surface area contributed by atoms with Crippen LogP contribution in [0.4, 0.5) is 4.39 Å². The van der Waals surface area contributed by atoms with Gasteiger partial charge in [-0.15, -0.1) is 0 Å². The fourth-order valence-electron chi connectivity index (χ4n) is 6.30. The first-order valence-electron chi connectivity index (χ1n) is 13.2. The Balaban J connectivity index is 1.48. The molecule has 0 bridgehead atoms. The molecule has 3 aliphatic rings. The van der Waals surface area contributed by atoms with E-state index in [1.54, 1.807) is 7.11 Å². The van der Waals surface area contributed by atoms with E-state index in [0.717, 1.165) is 54.7 Å². The first-order valence-corrected chi connectivity index (χ1v) is 13.2. The van der Waals surface area contributed by atoms with Crippen LogP contribution in [0.15, 0.2) is 36.5 Å². The number of halogens is 1. The molecule has 3 aliphatic heterocycles. The van der Waals surface area contributed by atoms with Crippen LogP contribution in [0.3, 0.4) is 0 Å². The maximum Gasteiger partial charge on any atom is 0.150 e. The van der Waals surface area contributed by atoms with Gasteiger partial charge in [0.15, 0.2) is 6.23 Å². The number of fused-ring (bicyclic) bond motifs is 3. The van der Waals surface area contributed by atoms with Crippen molar-refractivity contribution in [1.82, 2.24) is 14.7 Å². The molecule has 2 saturated heterocycles. The van der Waals surface area contributed by atoms with Crippen LogP contribution in [-0.4, -0.2) is 60.9 Å². The largest absolute Gasteiger partial charge is 0.496 e. The molecule has 6 rings (SSSR count). The summed E-state index contributed by atoms with van der Waals surface area (Å²) in [5.41, 5.74) is 5.54. The van der Waals surface area contributed by atoms with Crippen molar-refractivity contribution >= 4 is 10.9 Å². The molecule has 192 valence electrons. The monoisotopic (exact) mass is 493 g/mol. The highest BCUT2D eigenvalue weighted by molar-refractivity contribution is 5.84. The molecule has 0 N–H and O–H groups in total. The minimum Gasteiger partial charge on any atom is -0.496 e. The van der Waals surface area contributed by atoms with Crippen molar-refractivity contribution < 1.29 is 18.6 Å². The molecule has 0 amide bonds.